The predicted octanol–water partition coefficient (Wildman–Crippen LogP) is -0.525. The monoisotopic (exact) mass is 199 g/mol. The second-order valence-corrected chi connectivity index (χ2v) is 2.93. The van der Waals surface area contributed by atoms with Gasteiger partial charge in [-0.05, 0) is 12.8 Å². The smallest absolute Gasteiger partial charge is 0.325 e. The molecule has 0 aliphatic carbocycles. The highest BCUT2D eigenvalue weighted by Crippen LogP contribution is 2.12. The summed E-state index contributed by atoms with van der Waals surface area (Å²) in [6.45, 7) is -0.144. The van der Waals surface area contributed by atoms with Crippen LogP contribution in [0.3, 0.4) is 0 Å². The molecule has 0 atom stereocenters. The Morgan fingerprint density at radius 2 is 2.36 bits per heavy atom. The van der Waals surface area contributed by atoms with Crippen LogP contribution in [0.1, 0.15) is 12.0 Å². The zero-order chi connectivity index (χ0) is 10.6. The lowest BCUT2D eigenvalue weighted by molar-refractivity contribution is -0.137. The van der Waals surface area contributed by atoms with Crippen molar-refractivity contribution in [3.05, 3.63) is 11.8 Å². The van der Waals surface area contributed by atoms with Gasteiger partial charge in [-0.1, -0.05) is 0 Å². The van der Waals surface area contributed by atoms with Crippen molar-refractivity contribution >= 4 is 11.8 Å². The third-order valence-corrected chi connectivity index (χ3v) is 1.85. The molecule has 0 saturated carbocycles. The molecule has 1 heterocycles. The molecule has 0 amide bonds. The number of aromatic nitrogens is 2. The van der Waals surface area contributed by atoms with E-state index < -0.39 is 5.97 Å². The van der Waals surface area contributed by atoms with Gasteiger partial charge in [-0.2, -0.15) is 5.10 Å². The Balaban J connectivity index is 2.69. The molecule has 1 rings (SSSR count). The topological polar surface area (TPSA) is 101 Å². The molecule has 1 aromatic rings. The maximum absolute atomic E-state index is 10.4. The van der Waals surface area contributed by atoms with Crippen molar-refractivity contribution in [2.24, 2.45) is 0 Å². The Morgan fingerprint density at radius 3 is 2.93 bits per heavy atom. The first-order chi connectivity index (χ1) is 6.65. The molecule has 0 aliphatic heterocycles. The normalized spacial score (nSPS) is 10.4. The lowest BCUT2D eigenvalue weighted by atomic mass is 10.2. The number of carbonyl (C=O) groups is 1. The van der Waals surface area contributed by atoms with Gasteiger partial charge in [-0.25, -0.2) is 4.68 Å². The summed E-state index contributed by atoms with van der Waals surface area (Å²) in [5.74, 6) is -0.616. The predicted molar refractivity (Wildman–Crippen MR) is 49.7 cm³/mol. The number of carboxylic acids is 1. The molecule has 0 spiro atoms. The number of aliphatic carboxylic acids is 1. The largest absolute Gasteiger partial charge is 0.480 e. The fourth-order valence-corrected chi connectivity index (χ4v) is 1.15. The number of aliphatic hydroxyl groups excluding tert-OH is 1. The molecule has 6 heteroatoms. The number of hydrogen-bond acceptors (Lipinski definition) is 4. The summed E-state index contributed by atoms with van der Waals surface area (Å²) < 4.78 is 1.23. The Morgan fingerprint density at radius 1 is 1.64 bits per heavy atom. The van der Waals surface area contributed by atoms with Crippen LogP contribution in [-0.2, 0) is 17.8 Å². The third kappa shape index (κ3) is 2.46. The Labute approximate surface area is 81.0 Å². The van der Waals surface area contributed by atoms with Gasteiger partial charge < -0.3 is 15.9 Å². The maximum Gasteiger partial charge on any atom is 0.325 e. The second kappa shape index (κ2) is 4.61. The fraction of sp³-hybridized carbons (Fsp3) is 0.500. The van der Waals surface area contributed by atoms with Crippen molar-refractivity contribution in [3.63, 3.8) is 0 Å². The van der Waals surface area contributed by atoms with Crippen LogP contribution in [0, 0.1) is 0 Å². The summed E-state index contributed by atoms with van der Waals surface area (Å²) in [6, 6.07) is 0. The number of rotatable bonds is 5. The summed E-state index contributed by atoms with van der Waals surface area (Å²) in [5, 5.41) is 21.0. The average Bonchev–Trinajstić information content (AvgIpc) is 2.45. The van der Waals surface area contributed by atoms with Gasteiger partial charge in [-0.3, -0.25) is 4.79 Å². The highest BCUT2D eigenvalue weighted by atomic mass is 16.4. The van der Waals surface area contributed by atoms with Crippen molar-refractivity contribution in [1.82, 2.24) is 9.78 Å². The maximum atomic E-state index is 10.4. The minimum Gasteiger partial charge on any atom is -0.480 e. The van der Waals surface area contributed by atoms with E-state index in [0.717, 1.165) is 5.56 Å². The van der Waals surface area contributed by atoms with Crippen LogP contribution in [0.5, 0.6) is 0 Å². The van der Waals surface area contributed by atoms with Crippen molar-refractivity contribution in [1.29, 1.82) is 0 Å². The van der Waals surface area contributed by atoms with E-state index in [1.165, 1.54) is 10.9 Å². The summed E-state index contributed by atoms with van der Waals surface area (Å²) in [4.78, 5) is 10.4. The number of carboxylic acid groups (broad SMARTS) is 1. The van der Waals surface area contributed by atoms with E-state index in [0.29, 0.717) is 18.7 Å². The second-order valence-electron chi connectivity index (χ2n) is 2.93. The van der Waals surface area contributed by atoms with Gasteiger partial charge in [0.25, 0.3) is 0 Å². The van der Waals surface area contributed by atoms with Gasteiger partial charge in [0.05, 0.1) is 6.20 Å². The van der Waals surface area contributed by atoms with Crippen LogP contribution < -0.4 is 5.73 Å². The quantitative estimate of drug-likeness (QED) is 0.592. The van der Waals surface area contributed by atoms with Gasteiger partial charge >= 0.3 is 5.97 Å². The van der Waals surface area contributed by atoms with Crippen molar-refractivity contribution < 1.29 is 15.0 Å². The number of aliphatic hydroxyl groups is 1. The first-order valence-corrected chi connectivity index (χ1v) is 4.28. The molecule has 78 valence electrons. The van der Waals surface area contributed by atoms with Gasteiger partial charge in [0.2, 0.25) is 0 Å². The lowest BCUT2D eigenvalue weighted by Gasteiger charge is -2.01. The number of nitrogen functional groups attached to an aromatic ring is 1. The minimum atomic E-state index is -0.978. The number of aryl methyl sites for hydroxylation is 1. The van der Waals surface area contributed by atoms with Gasteiger partial charge in [0, 0.05) is 12.2 Å². The molecule has 0 aromatic carbocycles. The van der Waals surface area contributed by atoms with Crippen LogP contribution in [0.2, 0.25) is 0 Å². The van der Waals surface area contributed by atoms with Crippen LogP contribution >= 0.6 is 0 Å². The Kier molecular flexibility index (Phi) is 3.47. The zero-order valence-electron chi connectivity index (χ0n) is 7.68. The standard InChI is InChI=1S/C8H13N3O3/c9-8-6(2-1-3-12)4-10-11(8)5-7(13)14/h4,12H,1-3,5,9H2,(H,13,14). The van der Waals surface area contributed by atoms with Gasteiger partial charge in [0.15, 0.2) is 0 Å². The summed E-state index contributed by atoms with van der Waals surface area (Å²) >= 11 is 0. The van der Waals surface area contributed by atoms with Gasteiger partial charge in [-0.15, -0.1) is 0 Å². The molecule has 0 unspecified atom stereocenters. The lowest BCUT2D eigenvalue weighted by Crippen LogP contribution is -2.12. The highest BCUT2D eigenvalue weighted by Gasteiger charge is 2.09. The number of nitrogens with two attached hydrogens (primary N) is 1. The molecular formula is C8H13N3O3. The Hall–Kier alpha value is -1.56. The van der Waals surface area contributed by atoms with E-state index in [1.807, 2.05) is 0 Å². The molecule has 0 bridgehead atoms. The summed E-state index contributed by atoms with van der Waals surface area (Å²) in [7, 11) is 0. The number of anilines is 1. The first-order valence-electron chi connectivity index (χ1n) is 4.28. The van der Waals surface area contributed by atoms with Crippen molar-refractivity contribution in [2.45, 2.75) is 19.4 Å². The molecule has 0 radical (unpaired) electrons. The van der Waals surface area contributed by atoms with Crippen LogP contribution in [0.4, 0.5) is 5.82 Å². The zero-order valence-corrected chi connectivity index (χ0v) is 7.68. The van der Waals surface area contributed by atoms with Crippen LogP contribution in [0.15, 0.2) is 6.20 Å². The molecule has 1 aromatic heterocycles. The molecule has 0 saturated heterocycles. The molecule has 0 fully saturated rings. The minimum absolute atomic E-state index is 0.0869. The first kappa shape index (κ1) is 10.5. The average molecular weight is 199 g/mol. The van der Waals surface area contributed by atoms with Crippen molar-refractivity contribution in [2.75, 3.05) is 12.3 Å². The van der Waals surface area contributed by atoms with Crippen LogP contribution in [-0.4, -0.2) is 32.6 Å². The van der Waals surface area contributed by atoms with E-state index in [1.54, 1.807) is 0 Å². The molecule has 0 aliphatic rings. The van der Waals surface area contributed by atoms with E-state index in [2.05, 4.69) is 5.10 Å². The molecule has 14 heavy (non-hydrogen) atoms. The van der Waals surface area contributed by atoms with E-state index in [4.69, 9.17) is 15.9 Å². The number of hydrogen-bond donors (Lipinski definition) is 3. The van der Waals surface area contributed by atoms with Gasteiger partial charge in [0.1, 0.15) is 12.4 Å². The number of nitrogens with zero attached hydrogens (tertiary/aromatic N) is 2. The Bertz CT molecular complexity index is 322. The summed E-state index contributed by atoms with van der Waals surface area (Å²) in [6.07, 6.45) is 2.75. The SMILES string of the molecule is Nc1c(CCCO)cnn1CC(=O)O. The molecule has 6 nitrogen and oxygen atoms in total. The van der Waals surface area contributed by atoms with Crippen LogP contribution in [0.25, 0.3) is 0 Å². The van der Waals surface area contributed by atoms with E-state index in [-0.39, 0.29) is 13.2 Å². The van der Waals surface area contributed by atoms with E-state index in [9.17, 15) is 4.79 Å². The summed E-state index contributed by atoms with van der Waals surface area (Å²) in [5.41, 5.74) is 6.43. The third-order valence-electron chi connectivity index (χ3n) is 1.85. The fourth-order valence-electron chi connectivity index (χ4n) is 1.15. The molecular weight excluding hydrogens is 186 g/mol. The van der Waals surface area contributed by atoms with E-state index >= 15 is 0 Å². The molecule has 4 N–H and O–H groups in total. The van der Waals surface area contributed by atoms with Crippen molar-refractivity contribution in [3.8, 4) is 0 Å². The highest BCUT2D eigenvalue weighted by molar-refractivity contribution is 5.67.